The van der Waals surface area contributed by atoms with Gasteiger partial charge in [0.05, 0.1) is 19.1 Å². The fourth-order valence-corrected chi connectivity index (χ4v) is 4.50. The quantitative estimate of drug-likeness (QED) is 0.907. The highest BCUT2D eigenvalue weighted by Crippen LogP contribution is 2.40. The Labute approximate surface area is 161 Å². The lowest BCUT2D eigenvalue weighted by atomic mass is 9.69. The van der Waals surface area contributed by atoms with Gasteiger partial charge in [-0.25, -0.2) is 0 Å². The largest absolute Gasteiger partial charge is 0.375 e. The van der Waals surface area contributed by atoms with Crippen LogP contribution in [0, 0.1) is 0 Å². The van der Waals surface area contributed by atoms with Crippen molar-refractivity contribution in [2.24, 2.45) is 0 Å². The average molecular weight is 364 g/mol. The molecule has 0 aliphatic carbocycles. The lowest BCUT2D eigenvalue weighted by Gasteiger charge is -2.44. The van der Waals surface area contributed by atoms with Gasteiger partial charge >= 0.3 is 0 Å². The van der Waals surface area contributed by atoms with Gasteiger partial charge in [-0.3, -0.25) is 4.79 Å². The SMILES string of the molecule is O=C(CC1CNCCO1)N1CCCC(c2ccccc2)(c2ccccc2)C1. The molecule has 4 heteroatoms. The van der Waals surface area contributed by atoms with E-state index >= 15 is 0 Å². The number of amides is 1. The van der Waals surface area contributed by atoms with Gasteiger partial charge in [0.2, 0.25) is 5.91 Å². The molecule has 0 aromatic heterocycles. The standard InChI is InChI=1S/C23H28N2O2/c26-22(16-21-17-24-13-15-27-21)25-14-7-12-23(18-25,19-8-3-1-4-9-19)20-10-5-2-6-11-20/h1-6,8-11,21,24H,7,12-18H2. The Morgan fingerprint density at radius 2 is 1.74 bits per heavy atom. The first-order chi connectivity index (χ1) is 13.3. The van der Waals surface area contributed by atoms with Crippen LogP contribution in [0.3, 0.4) is 0 Å². The highest BCUT2D eigenvalue weighted by atomic mass is 16.5. The monoisotopic (exact) mass is 364 g/mol. The lowest BCUT2D eigenvalue weighted by molar-refractivity contribution is -0.136. The highest BCUT2D eigenvalue weighted by Gasteiger charge is 2.40. The fourth-order valence-electron chi connectivity index (χ4n) is 4.50. The lowest BCUT2D eigenvalue weighted by Crippen LogP contribution is -2.50. The number of piperidine rings is 1. The fraction of sp³-hybridized carbons (Fsp3) is 0.435. The molecular formula is C23H28N2O2. The number of nitrogens with one attached hydrogen (secondary N) is 1. The summed E-state index contributed by atoms with van der Waals surface area (Å²) in [4.78, 5) is 15.1. The summed E-state index contributed by atoms with van der Waals surface area (Å²) in [6.45, 7) is 3.90. The molecule has 1 atom stereocenters. The minimum Gasteiger partial charge on any atom is -0.375 e. The summed E-state index contributed by atoms with van der Waals surface area (Å²) in [5, 5.41) is 3.32. The average Bonchev–Trinajstić information content (AvgIpc) is 2.76. The molecule has 0 spiro atoms. The molecule has 4 nitrogen and oxygen atoms in total. The number of hydrogen-bond acceptors (Lipinski definition) is 3. The topological polar surface area (TPSA) is 41.6 Å². The van der Waals surface area contributed by atoms with Crippen LogP contribution in [0.4, 0.5) is 0 Å². The molecule has 27 heavy (non-hydrogen) atoms. The highest BCUT2D eigenvalue weighted by molar-refractivity contribution is 5.77. The van der Waals surface area contributed by atoms with Crippen molar-refractivity contribution < 1.29 is 9.53 Å². The van der Waals surface area contributed by atoms with Crippen molar-refractivity contribution in [1.82, 2.24) is 10.2 Å². The Morgan fingerprint density at radius 1 is 1.07 bits per heavy atom. The Morgan fingerprint density at radius 3 is 2.33 bits per heavy atom. The number of carbonyl (C=O) groups is 1. The third kappa shape index (κ3) is 3.92. The maximum absolute atomic E-state index is 13.0. The van der Waals surface area contributed by atoms with Gasteiger partial charge < -0.3 is 15.0 Å². The van der Waals surface area contributed by atoms with Gasteiger partial charge in [-0.2, -0.15) is 0 Å². The van der Waals surface area contributed by atoms with Crippen molar-refractivity contribution >= 4 is 5.91 Å². The Hall–Kier alpha value is -2.17. The predicted octanol–water partition coefficient (Wildman–Crippen LogP) is 2.97. The van der Waals surface area contributed by atoms with Crippen LogP contribution in [0.15, 0.2) is 60.7 Å². The number of carbonyl (C=O) groups excluding carboxylic acids is 1. The van der Waals surface area contributed by atoms with Gasteiger partial charge in [0.1, 0.15) is 0 Å². The molecule has 1 amide bonds. The normalized spacial score (nSPS) is 22.4. The van der Waals surface area contributed by atoms with E-state index in [-0.39, 0.29) is 17.4 Å². The summed E-state index contributed by atoms with van der Waals surface area (Å²) in [6.07, 6.45) is 2.54. The van der Waals surface area contributed by atoms with Gasteiger partial charge in [0.15, 0.2) is 0 Å². The summed E-state index contributed by atoms with van der Waals surface area (Å²) >= 11 is 0. The van der Waals surface area contributed by atoms with E-state index in [2.05, 4.69) is 70.9 Å². The molecule has 2 aromatic carbocycles. The number of morpholine rings is 1. The molecule has 142 valence electrons. The number of likely N-dealkylation sites (tertiary alicyclic amines) is 1. The second kappa shape index (κ2) is 8.24. The third-order valence-corrected chi connectivity index (χ3v) is 5.90. The van der Waals surface area contributed by atoms with E-state index in [1.165, 1.54) is 11.1 Å². The van der Waals surface area contributed by atoms with Crippen LogP contribution in [0.5, 0.6) is 0 Å². The van der Waals surface area contributed by atoms with Gasteiger partial charge in [-0.15, -0.1) is 0 Å². The second-order valence-corrected chi connectivity index (χ2v) is 7.63. The maximum atomic E-state index is 13.0. The molecule has 2 heterocycles. The number of nitrogens with zero attached hydrogens (tertiary/aromatic N) is 1. The van der Waals surface area contributed by atoms with Crippen LogP contribution in [-0.4, -0.2) is 49.7 Å². The van der Waals surface area contributed by atoms with E-state index in [4.69, 9.17) is 4.74 Å². The minimum absolute atomic E-state index is 0.00368. The van der Waals surface area contributed by atoms with Gasteiger partial charge in [0.25, 0.3) is 0 Å². The number of hydrogen-bond donors (Lipinski definition) is 1. The van der Waals surface area contributed by atoms with E-state index in [1.807, 2.05) is 0 Å². The molecule has 2 aliphatic rings. The number of rotatable bonds is 4. The molecule has 2 saturated heterocycles. The van der Waals surface area contributed by atoms with Crippen LogP contribution in [-0.2, 0) is 14.9 Å². The van der Waals surface area contributed by atoms with Crippen molar-refractivity contribution in [2.75, 3.05) is 32.8 Å². The van der Waals surface area contributed by atoms with E-state index in [0.29, 0.717) is 13.0 Å². The van der Waals surface area contributed by atoms with Crippen LogP contribution in [0.2, 0.25) is 0 Å². The molecule has 4 rings (SSSR count). The van der Waals surface area contributed by atoms with Crippen LogP contribution < -0.4 is 5.32 Å². The molecule has 1 unspecified atom stereocenters. The zero-order chi connectivity index (χ0) is 18.5. The summed E-state index contributed by atoms with van der Waals surface area (Å²) < 4.78 is 5.75. The second-order valence-electron chi connectivity index (χ2n) is 7.63. The van der Waals surface area contributed by atoms with Crippen molar-refractivity contribution in [1.29, 1.82) is 0 Å². The predicted molar refractivity (Wildman–Crippen MR) is 107 cm³/mol. The molecule has 0 radical (unpaired) electrons. The van der Waals surface area contributed by atoms with Crippen LogP contribution >= 0.6 is 0 Å². The first kappa shape index (κ1) is 18.2. The Balaban J connectivity index is 1.59. The smallest absolute Gasteiger partial charge is 0.225 e. The van der Waals surface area contributed by atoms with E-state index in [1.54, 1.807) is 0 Å². The first-order valence-electron chi connectivity index (χ1n) is 9.99. The molecular weight excluding hydrogens is 336 g/mol. The molecule has 2 aromatic rings. The summed E-state index contributed by atoms with van der Waals surface area (Å²) in [5.41, 5.74) is 2.45. The third-order valence-electron chi connectivity index (χ3n) is 5.90. The summed E-state index contributed by atoms with van der Waals surface area (Å²) in [5.74, 6) is 0.208. The zero-order valence-corrected chi connectivity index (χ0v) is 15.8. The molecule has 0 bridgehead atoms. The van der Waals surface area contributed by atoms with Gasteiger partial charge in [-0.05, 0) is 24.0 Å². The number of benzene rings is 2. The van der Waals surface area contributed by atoms with Crippen molar-refractivity contribution in [3.8, 4) is 0 Å². The van der Waals surface area contributed by atoms with Crippen LogP contribution in [0.25, 0.3) is 0 Å². The van der Waals surface area contributed by atoms with Crippen LogP contribution in [0.1, 0.15) is 30.4 Å². The van der Waals surface area contributed by atoms with Crippen molar-refractivity contribution in [3.05, 3.63) is 71.8 Å². The molecule has 2 aliphatic heterocycles. The van der Waals surface area contributed by atoms with E-state index < -0.39 is 0 Å². The zero-order valence-electron chi connectivity index (χ0n) is 15.8. The Kier molecular flexibility index (Phi) is 5.55. The minimum atomic E-state index is -0.137. The first-order valence-corrected chi connectivity index (χ1v) is 9.99. The molecule has 1 N–H and O–H groups in total. The summed E-state index contributed by atoms with van der Waals surface area (Å²) in [6, 6.07) is 21.3. The van der Waals surface area contributed by atoms with Crippen molar-refractivity contribution in [2.45, 2.75) is 30.8 Å². The van der Waals surface area contributed by atoms with Crippen molar-refractivity contribution in [3.63, 3.8) is 0 Å². The summed E-state index contributed by atoms with van der Waals surface area (Å²) in [7, 11) is 0. The van der Waals surface area contributed by atoms with E-state index in [0.717, 1.165) is 39.0 Å². The number of ether oxygens (including phenoxy) is 1. The maximum Gasteiger partial charge on any atom is 0.225 e. The Bertz CT molecular complexity index is 702. The van der Waals surface area contributed by atoms with E-state index in [9.17, 15) is 4.79 Å². The molecule has 0 saturated carbocycles. The van der Waals surface area contributed by atoms with Gasteiger partial charge in [-0.1, -0.05) is 60.7 Å². The molecule has 2 fully saturated rings. The van der Waals surface area contributed by atoms with Gasteiger partial charge in [0, 0.05) is 31.6 Å².